The van der Waals surface area contributed by atoms with Gasteiger partial charge in [-0.05, 0) is 55.1 Å². The molecule has 1 saturated carbocycles. The van der Waals surface area contributed by atoms with Crippen LogP contribution in [0.25, 0.3) is 0 Å². The van der Waals surface area contributed by atoms with E-state index in [0.29, 0.717) is 0 Å². The lowest BCUT2D eigenvalue weighted by molar-refractivity contribution is -0.125. The fraction of sp³-hybridized carbons (Fsp3) is 0.708. The van der Waals surface area contributed by atoms with Crippen molar-refractivity contribution in [2.45, 2.75) is 46.0 Å². The first-order valence-electron chi connectivity index (χ1n) is 11.2. The highest BCUT2D eigenvalue weighted by atomic mass is 16.5. The number of carbonyl (C=O) groups excluding carboxylic acids is 1. The van der Waals surface area contributed by atoms with Gasteiger partial charge in [0.1, 0.15) is 5.82 Å². The molecule has 29 heavy (non-hydrogen) atoms. The van der Waals surface area contributed by atoms with Crippen molar-refractivity contribution in [2.24, 2.45) is 17.3 Å². The van der Waals surface area contributed by atoms with Gasteiger partial charge in [0.2, 0.25) is 5.91 Å². The van der Waals surface area contributed by atoms with Gasteiger partial charge in [-0.25, -0.2) is 0 Å². The molecule has 0 radical (unpaired) electrons. The maximum atomic E-state index is 13.0. The molecule has 0 unspecified atom stereocenters. The maximum absolute atomic E-state index is 13.0. The van der Waals surface area contributed by atoms with Crippen LogP contribution in [-0.4, -0.2) is 62.7 Å². The monoisotopic (exact) mass is 401 g/mol. The quantitative estimate of drug-likeness (QED) is 0.739. The topological polar surface area (TPSA) is 44.8 Å². The third kappa shape index (κ3) is 6.19. The van der Waals surface area contributed by atoms with Gasteiger partial charge in [0.15, 0.2) is 0 Å². The summed E-state index contributed by atoms with van der Waals surface area (Å²) in [4.78, 5) is 17.5. The number of allylic oxidation sites excluding steroid dienone is 5. The largest absolute Gasteiger partial charge is 0.379 e. The molecule has 1 heterocycles. The van der Waals surface area contributed by atoms with Crippen molar-refractivity contribution >= 4 is 5.91 Å². The van der Waals surface area contributed by atoms with Gasteiger partial charge in [-0.3, -0.25) is 9.69 Å². The molecular weight excluding hydrogens is 362 g/mol. The maximum Gasteiger partial charge on any atom is 0.228 e. The molecule has 5 heteroatoms. The first kappa shape index (κ1) is 22.1. The molecule has 5 nitrogen and oxygen atoms in total. The van der Waals surface area contributed by atoms with Crippen LogP contribution in [0.2, 0.25) is 0 Å². The second kappa shape index (κ2) is 9.94. The third-order valence-electron chi connectivity index (χ3n) is 6.68. The molecule has 2 aliphatic carbocycles. The molecule has 0 aromatic rings. The smallest absolute Gasteiger partial charge is 0.228 e. The predicted molar refractivity (Wildman–Crippen MR) is 118 cm³/mol. The Bertz CT molecular complexity index is 649. The summed E-state index contributed by atoms with van der Waals surface area (Å²) in [6, 6.07) is 0. The molecule has 1 amide bonds. The van der Waals surface area contributed by atoms with Crippen LogP contribution >= 0.6 is 0 Å². The van der Waals surface area contributed by atoms with Crippen LogP contribution in [0.4, 0.5) is 0 Å². The Labute approximate surface area is 176 Å². The molecule has 0 atom stereocenters. The highest BCUT2D eigenvalue weighted by molar-refractivity contribution is 5.80. The van der Waals surface area contributed by atoms with Crippen LogP contribution in [-0.2, 0) is 9.53 Å². The highest BCUT2D eigenvalue weighted by Gasteiger charge is 2.29. The summed E-state index contributed by atoms with van der Waals surface area (Å²) in [6.07, 6.45) is 14.0. The van der Waals surface area contributed by atoms with Gasteiger partial charge in [-0.2, -0.15) is 0 Å². The van der Waals surface area contributed by atoms with E-state index in [-0.39, 0.29) is 17.2 Å². The molecule has 3 rings (SSSR count). The molecule has 0 spiro atoms. The van der Waals surface area contributed by atoms with Crippen LogP contribution in [0.3, 0.4) is 0 Å². The standard InChI is InChI=1S/C24H39N3O2/c1-24(2)12-6-5-7-21(24)17-22(26(3)4)25-23(28)20-10-8-19(9-11-20)18-27-13-15-29-16-14-27/h5-7,17,19-20H,8-16,18H2,1-4H3,(H,25,28)/b22-17-. The molecule has 1 aliphatic heterocycles. The number of hydrogen-bond donors (Lipinski definition) is 1. The Balaban J connectivity index is 1.53. The zero-order valence-electron chi connectivity index (χ0n) is 18.7. The van der Waals surface area contributed by atoms with E-state index in [2.05, 4.69) is 48.4 Å². The zero-order chi connectivity index (χ0) is 20.9. The van der Waals surface area contributed by atoms with Crippen molar-refractivity contribution in [3.8, 4) is 0 Å². The van der Waals surface area contributed by atoms with Crippen molar-refractivity contribution in [1.29, 1.82) is 0 Å². The van der Waals surface area contributed by atoms with Crippen molar-refractivity contribution in [3.63, 3.8) is 0 Å². The summed E-state index contributed by atoms with van der Waals surface area (Å²) in [6.45, 7) is 9.50. The minimum atomic E-state index is 0.0955. The minimum Gasteiger partial charge on any atom is -0.379 e. The van der Waals surface area contributed by atoms with E-state index in [1.807, 2.05) is 19.0 Å². The van der Waals surface area contributed by atoms with Crippen LogP contribution < -0.4 is 5.32 Å². The van der Waals surface area contributed by atoms with E-state index in [4.69, 9.17) is 4.74 Å². The van der Waals surface area contributed by atoms with Crippen LogP contribution in [0.15, 0.2) is 35.7 Å². The Morgan fingerprint density at radius 3 is 2.55 bits per heavy atom. The van der Waals surface area contributed by atoms with Gasteiger partial charge in [0.25, 0.3) is 0 Å². The number of nitrogens with zero attached hydrogens (tertiary/aromatic N) is 2. The highest BCUT2D eigenvalue weighted by Crippen LogP contribution is 2.35. The van der Waals surface area contributed by atoms with Crippen LogP contribution in [0, 0.1) is 17.3 Å². The Morgan fingerprint density at radius 2 is 1.93 bits per heavy atom. The molecule has 0 aromatic heterocycles. The van der Waals surface area contributed by atoms with Gasteiger partial charge in [-0.15, -0.1) is 0 Å². The summed E-state index contributed by atoms with van der Waals surface area (Å²) in [5.41, 5.74) is 1.36. The predicted octanol–water partition coefficient (Wildman–Crippen LogP) is 3.56. The second-order valence-electron chi connectivity index (χ2n) is 9.68. The normalized spacial score (nSPS) is 28.0. The average molecular weight is 402 g/mol. The molecule has 3 aliphatic rings. The number of rotatable bonds is 6. The fourth-order valence-corrected chi connectivity index (χ4v) is 4.53. The van der Waals surface area contributed by atoms with Gasteiger partial charge in [0, 0.05) is 39.6 Å². The van der Waals surface area contributed by atoms with E-state index in [1.54, 1.807) is 0 Å². The lowest BCUT2D eigenvalue weighted by Gasteiger charge is -2.34. The van der Waals surface area contributed by atoms with Crippen molar-refractivity contribution < 1.29 is 9.53 Å². The van der Waals surface area contributed by atoms with E-state index in [9.17, 15) is 4.79 Å². The summed E-state index contributed by atoms with van der Waals surface area (Å²) in [5, 5.41) is 3.22. The van der Waals surface area contributed by atoms with Gasteiger partial charge in [-0.1, -0.05) is 32.1 Å². The zero-order valence-corrected chi connectivity index (χ0v) is 18.7. The van der Waals surface area contributed by atoms with E-state index in [1.165, 1.54) is 5.57 Å². The Morgan fingerprint density at radius 1 is 1.24 bits per heavy atom. The second-order valence-corrected chi connectivity index (χ2v) is 9.68. The summed E-state index contributed by atoms with van der Waals surface area (Å²) < 4.78 is 5.45. The molecule has 0 aromatic carbocycles. The molecule has 1 saturated heterocycles. The molecule has 0 bridgehead atoms. The van der Waals surface area contributed by atoms with Crippen LogP contribution in [0.5, 0.6) is 0 Å². The number of ether oxygens (including phenoxy) is 1. The van der Waals surface area contributed by atoms with E-state index >= 15 is 0 Å². The van der Waals surface area contributed by atoms with Crippen LogP contribution in [0.1, 0.15) is 46.0 Å². The van der Waals surface area contributed by atoms with E-state index in [0.717, 1.165) is 76.7 Å². The molecule has 162 valence electrons. The third-order valence-corrected chi connectivity index (χ3v) is 6.68. The lowest BCUT2D eigenvalue weighted by Crippen LogP contribution is -2.41. The fourth-order valence-electron chi connectivity index (χ4n) is 4.53. The van der Waals surface area contributed by atoms with E-state index < -0.39 is 0 Å². The minimum absolute atomic E-state index is 0.0955. The Hall–Kier alpha value is -1.59. The SMILES string of the molecule is CN(C)/C(=C\C1=CC=CCC1(C)C)NC(=O)C1CCC(CN2CCOCC2)CC1. The van der Waals surface area contributed by atoms with Crippen molar-refractivity contribution in [2.75, 3.05) is 46.9 Å². The van der Waals surface area contributed by atoms with Crippen molar-refractivity contribution in [1.82, 2.24) is 15.1 Å². The van der Waals surface area contributed by atoms with Gasteiger partial charge >= 0.3 is 0 Å². The first-order valence-corrected chi connectivity index (χ1v) is 11.2. The van der Waals surface area contributed by atoms with Gasteiger partial charge < -0.3 is 15.0 Å². The number of morpholine rings is 1. The lowest BCUT2D eigenvalue weighted by atomic mass is 9.78. The molecule has 2 fully saturated rings. The summed E-state index contributed by atoms with van der Waals surface area (Å²) in [5.74, 6) is 1.92. The number of carbonyl (C=O) groups is 1. The average Bonchev–Trinajstić information content (AvgIpc) is 2.70. The molecular formula is C24H39N3O2. The number of nitrogens with one attached hydrogen (secondary N) is 1. The molecule has 1 N–H and O–H groups in total. The Kier molecular flexibility index (Phi) is 7.58. The number of amides is 1. The summed E-state index contributed by atoms with van der Waals surface area (Å²) in [7, 11) is 4.00. The van der Waals surface area contributed by atoms with Gasteiger partial charge in [0.05, 0.1) is 13.2 Å². The first-order chi connectivity index (χ1) is 13.8. The van der Waals surface area contributed by atoms with Crippen molar-refractivity contribution in [3.05, 3.63) is 35.7 Å². The summed E-state index contributed by atoms with van der Waals surface area (Å²) >= 11 is 0. The number of hydrogen-bond acceptors (Lipinski definition) is 4.